The van der Waals surface area contributed by atoms with Crippen molar-refractivity contribution in [3.63, 3.8) is 0 Å². The Kier molecular flexibility index (Phi) is 5.27. The summed E-state index contributed by atoms with van der Waals surface area (Å²) in [5, 5.41) is 13.6. The number of hydrogen-bond donors (Lipinski definition) is 1. The highest BCUT2D eigenvalue weighted by atomic mass is 32.2. The molecular weight excluding hydrogens is 386 g/mol. The van der Waals surface area contributed by atoms with E-state index in [9.17, 15) is 24.5 Å². The molecule has 0 unspecified atom stereocenters. The first-order chi connectivity index (χ1) is 13.3. The molecule has 0 atom stereocenters. The van der Waals surface area contributed by atoms with Crippen molar-refractivity contribution in [3.05, 3.63) is 67.5 Å². The topological polar surface area (TPSA) is 129 Å². The van der Waals surface area contributed by atoms with Crippen LogP contribution in [0.2, 0.25) is 0 Å². The number of hydrogen-bond acceptors (Lipinski definition) is 7. The normalized spacial score (nSPS) is 10.8. The number of pyridine rings is 1. The molecule has 0 aliphatic carbocycles. The van der Waals surface area contributed by atoms with E-state index in [4.69, 9.17) is 0 Å². The Morgan fingerprint density at radius 3 is 2.50 bits per heavy atom. The van der Waals surface area contributed by atoms with Crippen LogP contribution >= 0.6 is 11.8 Å². The van der Waals surface area contributed by atoms with E-state index in [0.29, 0.717) is 10.6 Å². The number of aromatic nitrogens is 3. The standard InChI is InChI=1S/C17H15N5O5S/c1-20-15-14(16(24)21(2)17(20)25)12(7-8-18-15)28-9-13(23)19-10-3-5-11(6-4-10)22(26)27/h3-8H,9H2,1-2H3,(H,19,23). The third-order valence-electron chi connectivity index (χ3n) is 4.02. The van der Waals surface area contributed by atoms with Crippen molar-refractivity contribution in [3.8, 4) is 0 Å². The van der Waals surface area contributed by atoms with Crippen LogP contribution in [0, 0.1) is 10.1 Å². The maximum Gasteiger partial charge on any atom is 0.332 e. The molecule has 1 amide bonds. The lowest BCUT2D eigenvalue weighted by molar-refractivity contribution is -0.384. The number of non-ortho nitro benzene ring substituents is 1. The molecule has 2 heterocycles. The van der Waals surface area contributed by atoms with Crippen molar-refractivity contribution in [2.45, 2.75) is 4.90 Å². The van der Waals surface area contributed by atoms with Crippen LogP contribution in [0.4, 0.5) is 11.4 Å². The quantitative estimate of drug-likeness (QED) is 0.387. The first-order valence-electron chi connectivity index (χ1n) is 8.01. The van der Waals surface area contributed by atoms with Crippen LogP contribution in [-0.2, 0) is 18.9 Å². The molecule has 0 spiro atoms. The third kappa shape index (κ3) is 3.64. The molecule has 3 aromatic rings. The highest BCUT2D eigenvalue weighted by Crippen LogP contribution is 2.24. The van der Waals surface area contributed by atoms with Crippen molar-refractivity contribution in [1.82, 2.24) is 14.1 Å². The molecule has 0 aliphatic rings. The summed E-state index contributed by atoms with van der Waals surface area (Å²) in [5.41, 5.74) is -0.368. The lowest BCUT2D eigenvalue weighted by Crippen LogP contribution is -2.37. The first-order valence-corrected chi connectivity index (χ1v) is 9.00. The number of carbonyl (C=O) groups is 1. The van der Waals surface area contributed by atoms with Gasteiger partial charge in [-0.1, -0.05) is 0 Å². The molecule has 1 N–H and O–H groups in total. The molecule has 10 nitrogen and oxygen atoms in total. The Balaban J connectivity index is 1.80. The van der Waals surface area contributed by atoms with Gasteiger partial charge < -0.3 is 5.32 Å². The van der Waals surface area contributed by atoms with Gasteiger partial charge >= 0.3 is 5.69 Å². The molecular formula is C17H15N5O5S. The van der Waals surface area contributed by atoms with E-state index in [0.717, 1.165) is 16.3 Å². The van der Waals surface area contributed by atoms with Crippen LogP contribution in [0.15, 0.2) is 51.0 Å². The molecule has 3 rings (SSSR count). The van der Waals surface area contributed by atoms with Crippen molar-refractivity contribution >= 4 is 40.1 Å². The molecule has 0 radical (unpaired) electrons. The zero-order chi connectivity index (χ0) is 20.4. The number of carbonyl (C=O) groups excluding carboxylic acids is 1. The van der Waals surface area contributed by atoms with Crippen LogP contribution in [0.1, 0.15) is 0 Å². The van der Waals surface area contributed by atoms with Gasteiger partial charge in [-0.15, -0.1) is 11.8 Å². The van der Waals surface area contributed by atoms with E-state index in [2.05, 4.69) is 10.3 Å². The number of nitro groups is 1. The number of benzene rings is 1. The summed E-state index contributed by atoms with van der Waals surface area (Å²) in [7, 11) is 2.90. The largest absolute Gasteiger partial charge is 0.332 e. The van der Waals surface area contributed by atoms with E-state index in [-0.39, 0.29) is 28.4 Å². The van der Waals surface area contributed by atoms with Gasteiger partial charge in [-0.25, -0.2) is 9.78 Å². The van der Waals surface area contributed by atoms with E-state index in [1.807, 2.05) is 0 Å². The molecule has 11 heteroatoms. The number of aryl methyl sites for hydroxylation is 1. The van der Waals surface area contributed by atoms with Gasteiger partial charge in [0.15, 0.2) is 0 Å². The van der Waals surface area contributed by atoms with Crippen LogP contribution in [-0.4, -0.2) is 30.7 Å². The van der Waals surface area contributed by atoms with E-state index >= 15 is 0 Å². The zero-order valence-corrected chi connectivity index (χ0v) is 15.7. The van der Waals surface area contributed by atoms with Crippen LogP contribution < -0.4 is 16.6 Å². The summed E-state index contributed by atoms with van der Waals surface area (Å²) in [6.45, 7) is 0. The number of rotatable bonds is 5. The number of nitro benzene ring substituents is 1. The smallest absolute Gasteiger partial charge is 0.325 e. The van der Waals surface area contributed by atoms with E-state index in [1.54, 1.807) is 6.07 Å². The fourth-order valence-corrected chi connectivity index (χ4v) is 3.43. The minimum absolute atomic E-state index is 0.00208. The molecule has 0 bridgehead atoms. The van der Waals surface area contributed by atoms with E-state index in [1.165, 1.54) is 49.1 Å². The number of thioether (sulfide) groups is 1. The Morgan fingerprint density at radius 2 is 1.86 bits per heavy atom. The zero-order valence-electron chi connectivity index (χ0n) is 14.9. The van der Waals surface area contributed by atoms with Gasteiger partial charge in [-0.2, -0.15) is 0 Å². The number of amides is 1. The number of nitrogens with one attached hydrogen (secondary N) is 1. The maximum atomic E-state index is 12.5. The predicted octanol–water partition coefficient (Wildman–Crippen LogP) is 1.27. The monoisotopic (exact) mass is 401 g/mol. The minimum Gasteiger partial charge on any atom is -0.325 e. The summed E-state index contributed by atoms with van der Waals surface area (Å²) in [6, 6.07) is 7.08. The molecule has 0 saturated heterocycles. The van der Waals surface area contributed by atoms with Gasteiger partial charge in [0, 0.05) is 43.0 Å². The Morgan fingerprint density at radius 1 is 1.18 bits per heavy atom. The summed E-state index contributed by atoms with van der Waals surface area (Å²) < 4.78 is 2.27. The van der Waals surface area contributed by atoms with E-state index < -0.39 is 16.2 Å². The summed E-state index contributed by atoms with van der Waals surface area (Å²) in [6.07, 6.45) is 1.47. The van der Waals surface area contributed by atoms with Gasteiger partial charge in [0.05, 0.1) is 16.1 Å². The second-order valence-electron chi connectivity index (χ2n) is 5.85. The Hall–Kier alpha value is -3.47. The molecule has 2 aromatic heterocycles. The van der Waals surface area contributed by atoms with Crippen molar-refractivity contribution in [2.75, 3.05) is 11.1 Å². The van der Waals surface area contributed by atoms with Gasteiger partial charge in [0.2, 0.25) is 5.91 Å². The van der Waals surface area contributed by atoms with Crippen molar-refractivity contribution < 1.29 is 9.72 Å². The van der Waals surface area contributed by atoms with Gasteiger partial charge in [-0.3, -0.25) is 28.8 Å². The second-order valence-corrected chi connectivity index (χ2v) is 6.87. The highest BCUT2D eigenvalue weighted by molar-refractivity contribution is 8.00. The number of nitrogens with zero attached hydrogens (tertiary/aromatic N) is 4. The highest BCUT2D eigenvalue weighted by Gasteiger charge is 2.15. The maximum absolute atomic E-state index is 12.5. The SMILES string of the molecule is Cn1c(=O)c2c(SCC(=O)Nc3ccc([N+](=O)[O-])cc3)ccnc2n(C)c1=O. The summed E-state index contributed by atoms with van der Waals surface area (Å²) >= 11 is 1.13. The molecule has 0 aliphatic heterocycles. The van der Waals surface area contributed by atoms with Gasteiger partial charge in [0.1, 0.15) is 5.65 Å². The van der Waals surface area contributed by atoms with Crippen molar-refractivity contribution in [1.29, 1.82) is 0 Å². The molecule has 0 saturated carbocycles. The van der Waals surface area contributed by atoms with Gasteiger partial charge in [0.25, 0.3) is 11.2 Å². The predicted molar refractivity (Wildman–Crippen MR) is 105 cm³/mol. The van der Waals surface area contributed by atoms with Crippen molar-refractivity contribution in [2.24, 2.45) is 14.1 Å². The van der Waals surface area contributed by atoms with Crippen LogP contribution in [0.3, 0.4) is 0 Å². The lowest BCUT2D eigenvalue weighted by Gasteiger charge is -2.10. The van der Waals surface area contributed by atoms with Crippen LogP contribution in [0.25, 0.3) is 11.0 Å². The number of fused-ring (bicyclic) bond motifs is 1. The first kappa shape index (κ1) is 19.3. The Labute approximate surface area is 162 Å². The molecule has 144 valence electrons. The number of anilines is 1. The lowest BCUT2D eigenvalue weighted by atomic mass is 10.3. The molecule has 0 fully saturated rings. The Bertz CT molecular complexity index is 1200. The van der Waals surface area contributed by atoms with Crippen LogP contribution in [0.5, 0.6) is 0 Å². The molecule has 28 heavy (non-hydrogen) atoms. The third-order valence-corrected chi connectivity index (χ3v) is 5.08. The fraction of sp³-hybridized carbons (Fsp3) is 0.176. The second kappa shape index (κ2) is 7.64. The average Bonchev–Trinajstić information content (AvgIpc) is 2.69. The summed E-state index contributed by atoms with van der Waals surface area (Å²) in [5.74, 6) is -0.340. The van der Waals surface area contributed by atoms with Gasteiger partial charge in [-0.05, 0) is 18.2 Å². The average molecular weight is 401 g/mol. The summed E-state index contributed by atoms with van der Waals surface area (Å²) in [4.78, 5) is 51.5. The minimum atomic E-state index is -0.524. The fourth-order valence-electron chi connectivity index (χ4n) is 2.59. The molecule has 1 aromatic carbocycles.